The summed E-state index contributed by atoms with van der Waals surface area (Å²) in [6, 6.07) is 10.3. The first-order valence-corrected chi connectivity index (χ1v) is 3.87. The molecule has 0 spiro atoms. The maximum atomic E-state index is 3.86. The monoisotopic (exact) mass is 157 g/mol. The third-order valence-electron chi connectivity index (χ3n) is 1.71. The van der Waals surface area contributed by atoms with E-state index in [1.165, 1.54) is 5.56 Å². The summed E-state index contributed by atoms with van der Waals surface area (Å²) >= 11 is 0. The first kappa shape index (κ1) is 7.10. The van der Waals surface area contributed by atoms with Gasteiger partial charge in [0.1, 0.15) is 6.20 Å². The lowest BCUT2D eigenvalue weighted by atomic mass is 10.2. The second-order valence-electron chi connectivity index (χ2n) is 2.66. The SMILES string of the molecule is [c]1cn(Cc2ccccc2)cn1. The summed E-state index contributed by atoms with van der Waals surface area (Å²) in [5.74, 6) is 0. The summed E-state index contributed by atoms with van der Waals surface area (Å²) in [7, 11) is 0. The van der Waals surface area contributed by atoms with Gasteiger partial charge in [-0.2, -0.15) is 0 Å². The first-order chi connectivity index (χ1) is 5.95. The van der Waals surface area contributed by atoms with Crippen LogP contribution >= 0.6 is 0 Å². The molecular weight excluding hydrogens is 148 g/mol. The highest BCUT2D eigenvalue weighted by Crippen LogP contribution is 2.00. The van der Waals surface area contributed by atoms with Crippen LogP contribution in [0.3, 0.4) is 0 Å². The van der Waals surface area contributed by atoms with Gasteiger partial charge in [0, 0.05) is 12.7 Å². The Hall–Kier alpha value is -1.57. The van der Waals surface area contributed by atoms with Gasteiger partial charge in [0.25, 0.3) is 0 Å². The summed E-state index contributed by atoms with van der Waals surface area (Å²) in [6.07, 6.45) is 6.37. The van der Waals surface area contributed by atoms with Crippen molar-refractivity contribution >= 4 is 0 Å². The van der Waals surface area contributed by atoms with Crippen LogP contribution in [0.15, 0.2) is 42.9 Å². The molecule has 1 aromatic heterocycles. The Bertz CT molecular complexity index is 324. The van der Waals surface area contributed by atoms with E-state index < -0.39 is 0 Å². The lowest BCUT2D eigenvalue weighted by molar-refractivity contribution is 0.797. The molecule has 0 amide bonds. The van der Waals surface area contributed by atoms with E-state index in [0.717, 1.165) is 6.54 Å². The number of rotatable bonds is 2. The molecule has 0 N–H and O–H groups in total. The van der Waals surface area contributed by atoms with Crippen LogP contribution in [0.25, 0.3) is 0 Å². The summed E-state index contributed by atoms with van der Waals surface area (Å²) in [4.78, 5) is 3.86. The van der Waals surface area contributed by atoms with E-state index in [4.69, 9.17) is 0 Å². The normalized spacial score (nSPS) is 10.0. The lowest BCUT2D eigenvalue weighted by Gasteiger charge is -2.00. The van der Waals surface area contributed by atoms with Crippen molar-refractivity contribution in [2.75, 3.05) is 0 Å². The minimum atomic E-state index is 0.872. The second kappa shape index (κ2) is 3.22. The highest BCUT2D eigenvalue weighted by Gasteiger charge is 1.91. The van der Waals surface area contributed by atoms with Gasteiger partial charge in [0.15, 0.2) is 0 Å². The highest BCUT2D eigenvalue weighted by atomic mass is 15.0. The van der Waals surface area contributed by atoms with Crippen LogP contribution in [0.5, 0.6) is 0 Å². The van der Waals surface area contributed by atoms with Crippen LogP contribution in [-0.4, -0.2) is 9.55 Å². The first-order valence-electron chi connectivity index (χ1n) is 3.87. The van der Waals surface area contributed by atoms with Crippen molar-refractivity contribution in [2.45, 2.75) is 6.54 Å². The third kappa shape index (κ3) is 1.53. The fourth-order valence-electron chi connectivity index (χ4n) is 1.13. The fraction of sp³-hybridized carbons (Fsp3) is 0.100. The third-order valence-corrected chi connectivity index (χ3v) is 1.71. The van der Waals surface area contributed by atoms with Crippen LogP contribution in [0.4, 0.5) is 0 Å². The van der Waals surface area contributed by atoms with Crippen molar-refractivity contribution in [2.24, 2.45) is 0 Å². The van der Waals surface area contributed by atoms with Crippen molar-refractivity contribution in [3.63, 3.8) is 0 Å². The molecule has 1 heterocycles. The number of nitrogens with zero attached hydrogens (tertiary/aromatic N) is 2. The van der Waals surface area contributed by atoms with Crippen molar-refractivity contribution in [3.05, 3.63) is 54.6 Å². The van der Waals surface area contributed by atoms with E-state index in [1.807, 2.05) is 29.0 Å². The largest absolute Gasteiger partial charge is 0.332 e. The Morgan fingerprint density at radius 2 is 2.08 bits per heavy atom. The Labute approximate surface area is 71.5 Å². The zero-order chi connectivity index (χ0) is 8.23. The van der Waals surface area contributed by atoms with Gasteiger partial charge in [0.05, 0.1) is 6.33 Å². The molecule has 0 saturated carbocycles. The number of hydrogen-bond acceptors (Lipinski definition) is 1. The van der Waals surface area contributed by atoms with E-state index in [0.29, 0.717) is 0 Å². The molecule has 0 unspecified atom stereocenters. The minimum absolute atomic E-state index is 0.872. The summed E-state index contributed by atoms with van der Waals surface area (Å²) in [5, 5.41) is 0. The lowest BCUT2D eigenvalue weighted by Crippen LogP contribution is -1.95. The van der Waals surface area contributed by atoms with E-state index in [1.54, 1.807) is 6.33 Å². The molecule has 1 radical (unpaired) electrons. The summed E-state index contributed by atoms with van der Waals surface area (Å²) < 4.78 is 2.00. The Morgan fingerprint density at radius 1 is 1.25 bits per heavy atom. The van der Waals surface area contributed by atoms with Crippen molar-refractivity contribution in [3.8, 4) is 0 Å². The smallest absolute Gasteiger partial charge is 0.108 e. The molecule has 2 aromatic rings. The molecule has 0 saturated heterocycles. The van der Waals surface area contributed by atoms with Gasteiger partial charge in [-0.3, -0.25) is 0 Å². The number of hydrogen-bond donors (Lipinski definition) is 0. The predicted octanol–water partition coefficient (Wildman–Crippen LogP) is 1.73. The zero-order valence-corrected chi connectivity index (χ0v) is 6.64. The standard InChI is InChI=1S/C10H9N2/c1-2-4-10(5-3-1)8-12-7-6-11-9-12/h1-5,7,9H,8H2. The predicted molar refractivity (Wildman–Crippen MR) is 46.6 cm³/mol. The maximum Gasteiger partial charge on any atom is 0.108 e. The van der Waals surface area contributed by atoms with Gasteiger partial charge >= 0.3 is 0 Å². The molecule has 2 heteroatoms. The quantitative estimate of drug-likeness (QED) is 0.649. The Morgan fingerprint density at radius 3 is 2.75 bits per heavy atom. The summed E-state index contributed by atoms with van der Waals surface area (Å²) in [5.41, 5.74) is 1.28. The van der Waals surface area contributed by atoms with Crippen LogP contribution in [0.2, 0.25) is 0 Å². The van der Waals surface area contributed by atoms with Gasteiger partial charge in [-0.1, -0.05) is 30.3 Å². The molecule has 2 nitrogen and oxygen atoms in total. The zero-order valence-electron chi connectivity index (χ0n) is 6.64. The molecule has 1 aromatic carbocycles. The molecule has 0 aliphatic heterocycles. The molecule has 59 valence electrons. The van der Waals surface area contributed by atoms with Gasteiger partial charge in [-0.25, -0.2) is 4.98 Å². The van der Waals surface area contributed by atoms with Crippen molar-refractivity contribution < 1.29 is 0 Å². The molecule has 0 aliphatic carbocycles. The fourth-order valence-corrected chi connectivity index (χ4v) is 1.13. The topological polar surface area (TPSA) is 17.8 Å². The Balaban J connectivity index is 2.15. The van der Waals surface area contributed by atoms with Gasteiger partial charge < -0.3 is 4.57 Å². The molecule has 0 fully saturated rings. The van der Waals surface area contributed by atoms with Crippen molar-refractivity contribution in [1.29, 1.82) is 0 Å². The highest BCUT2D eigenvalue weighted by molar-refractivity contribution is 5.14. The average Bonchev–Trinajstić information content (AvgIpc) is 2.59. The van der Waals surface area contributed by atoms with E-state index in [-0.39, 0.29) is 0 Å². The summed E-state index contributed by atoms with van der Waals surface area (Å²) in [6.45, 7) is 0.872. The van der Waals surface area contributed by atoms with Gasteiger partial charge in [-0.05, 0) is 5.56 Å². The van der Waals surface area contributed by atoms with Gasteiger partial charge in [-0.15, -0.1) is 0 Å². The molecule has 0 aliphatic rings. The van der Waals surface area contributed by atoms with E-state index >= 15 is 0 Å². The molecular formula is C10H9N2. The van der Waals surface area contributed by atoms with Crippen LogP contribution in [0.1, 0.15) is 5.56 Å². The Kier molecular flexibility index (Phi) is 1.90. The van der Waals surface area contributed by atoms with E-state index in [9.17, 15) is 0 Å². The van der Waals surface area contributed by atoms with Gasteiger partial charge in [0.2, 0.25) is 0 Å². The number of aromatic nitrogens is 2. The van der Waals surface area contributed by atoms with Crippen LogP contribution in [-0.2, 0) is 6.54 Å². The van der Waals surface area contributed by atoms with E-state index in [2.05, 4.69) is 23.3 Å². The van der Waals surface area contributed by atoms with Crippen LogP contribution in [0, 0.1) is 6.20 Å². The number of imidazole rings is 1. The average molecular weight is 157 g/mol. The second-order valence-corrected chi connectivity index (χ2v) is 2.66. The molecule has 0 atom stereocenters. The molecule has 0 bridgehead atoms. The molecule has 12 heavy (non-hydrogen) atoms. The number of benzene rings is 1. The van der Waals surface area contributed by atoms with Crippen LogP contribution < -0.4 is 0 Å². The van der Waals surface area contributed by atoms with Crippen molar-refractivity contribution in [1.82, 2.24) is 9.55 Å². The molecule has 2 rings (SSSR count). The minimum Gasteiger partial charge on any atom is -0.332 e. The maximum absolute atomic E-state index is 3.86.